The number of hydrogen-bond acceptors (Lipinski definition) is 4. The van der Waals surface area contributed by atoms with Crippen LogP contribution in [0.4, 0.5) is 0 Å². The van der Waals surface area contributed by atoms with Gasteiger partial charge < -0.3 is 4.90 Å². The average molecular weight is 315 g/mol. The molecule has 2 rings (SSSR count). The zero-order valence-corrected chi connectivity index (χ0v) is 13.2. The molecule has 0 aliphatic rings. The Morgan fingerprint density at radius 1 is 0.909 bits per heavy atom. The number of sulfone groups is 1. The maximum atomic E-state index is 12.8. The van der Waals surface area contributed by atoms with Crippen molar-refractivity contribution >= 4 is 15.6 Å². The number of carbonyl (C=O) groups excluding carboxylic acids is 1. The second-order valence-electron chi connectivity index (χ2n) is 4.97. The summed E-state index contributed by atoms with van der Waals surface area (Å²) in [6.07, 6.45) is 1.34. The molecule has 0 aliphatic carbocycles. The van der Waals surface area contributed by atoms with Crippen LogP contribution >= 0.6 is 0 Å². The Morgan fingerprint density at radius 3 is 1.91 bits per heavy atom. The van der Waals surface area contributed by atoms with E-state index in [4.69, 9.17) is 0 Å². The fourth-order valence-electron chi connectivity index (χ4n) is 1.94. The van der Waals surface area contributed by atoms with Crippen molar-refractivity contribution in [3.05, 3.63) is 77.3 Å². The van der Waals surface area contributed by atoms with Crippen molar-refractivity contribution in [1.82, 2.24) is 4.90 Å². The number of nitrogens with zero attached hydrogens (tertiary/aromatic N) is 1. The van der Waals surface area contributed by atoms with E-state index in [-0.39, 0.29) is 9.80 Å². The molecular weight excluding hydrogens is 298 g/mol. The third kappa shape index (κ3) is 3.43. The Labute approximate surface area is 130 Å². The molecule has 0 heterocycles. The van der Waals surface area contributed by atoms with Gasteiger partial charge >= 0.3 is 0 Å². The smallest absolute Gasteiger partial charge is 0.211 e. The van der Waals surface area contributed by atoms with E-state index in [0.717, 1.165) is 0 Å². The third-order valence-corrected chi connectivity index (χ3v) is 4.74. The average Bonchev–Trinajstić information content (AvgIpc) is 2.53. The van der Waals surface area contributed by atoms with Crippen LogP contribution < -0.4 is 0 Å². The number of Topliss-reactive ketones (excluding diaryl/α,β-unsaturated/α-hetero) is 1. The predicted molar refractivity (Wildman–Crippen MR) is 86.2 cm³/mol. The molecular formula is C17H17NO3S. The van der Waals surface area contributed by atoms with Gasteiger partial charge in [-0.05, 0) is 12.1 Å². The predicted octanol–water partition coefficient (Wildman–Crippen LogP) is 2.75. The molecule has 0 bridgehead atoms. The molecule has 0 unspecified atom stereocenters. The molecule has 0 aliphatic heterocycles. The second-order valence-corrected chi connectivity index (χ2v) is 6.89. The van der Waals surface area contributed by atoms with Crippen LogP contribution in [-0.2, 0) is 9.84 Å². The molecule has 0 N–H and O–H groups in total. The molecule has 0 spiro atoms. The van der Waals surface area contributed by atoms with Crippen molar-refractivity contribution in [3.63, 3.8) is 0 Å². The van der Waals surface area contributed by atoms with E-state index in [0.29, 0.717) is 5.56 Å². The highest BCUT2D eigenvalue weighted by molar-refractivity contribution is 7.96. The Balaban J connectivity index is 2.56. The van der Waals surface area contributed by atoms with Crippen molar-refractivity contribution in [2.75, 3.05) is 14.1 Å². The molecule has 0 atom stereocenters. The van der Waals surface area contributed by atoms with Gasteiger partial charge in [-0.25, -0.2) is 8.42 Å². The molecule has 2 aromatic rings. The summed E-state index contributed by atoms with van der Waals surface area (Å²) in [5.41, 5.74) is 0.343. The minimum absolute atomic E-state index is 0.104. The number of benzene rings is 2. The Morgan fingerprint density at radius 2 is 1.41 bits per heavy atom. The van der Waals surface area contributed by atoms with Crippen molar-refractivity contribution in [3.8, 4) is 0 Å². The van der Waals surface area contributed by atoms with Gasteiger partial charge in [0.2, 0.25) is 15.6 Å². The molecule has 0 fully saturated rings. The number of hydrogen-bond donors (Lipinski definition) is 0. The quantitative estimate of drug-likeness (QED) is 0.629. The van der Waals surface area contributed by atoms with E-state index < -0.39 is 15.6 Å². The molecule has 4 nitrogen and oxygen atoms in total. The van der Waals surface area contributed by atoms with Crippen LogP contribution in [0.2, 0.25) is 0 Å². The lowest BCUT2D eigenvalue weighted by Crippen LogP contribution is -2.18. The minimum Gasteiger partial charge on any atom is -0.382 e. The molecule has 0 radical (unpaired) electrons. The minimum atomic E-state index is -3.87. The van der Waals surface area contributed by atoms with Gasteiger partial charge in [-0.1, -0.05) is 48.5 Å². The third-order valence-electron chi connectivity index (χ3n) is 2.98. The summed E-state index contributed by atoms with van der Waals surface area (Å²) >= 11 is 0. The number of allylic oxidation sites excluding steroid dienone is 1. The molecule has 22 heavy (non-hydrogen) atoms. The van der Waals surface area contributed by atoms with E-state index in [2.05, 4.69) is 0 Å². The molecule has 0 saturated heterocycles. The van der Waals surface area contributed by atoms with Gasteiger partial charge in [0.15, 0.2) is 0 Å². The van der Waals surface area contributed by atoms with Crippen LogP contribution in [-0.4, -0.2) is 33.2 Å². The number of carbonyl (C=O) groups is 1. The lowest BCUT2D eigenvalue weighted by atomic mass is 10.1. The first-order chi connectivity index (χ1) is 10.4. The first-order valence-electron chi connectivity index (χ1n) is 6.71. The van der Waals surface area contributed by atoms with Crippen LogP contribution in [0.15, 0.2) is 76.7 Å². The molecule has 114 valence electrons. The Bertz CT molecular complexity index is 779. The monoisotopic (exact) mass is 315 g/mol. The highest BCUT2D eigenvalue weighted by Crippen LogP contribution is 2.22. The standard InChI is InChI=1S/C17H17NO3S/c1-18(2)13-16(17(19)14-9-5-3-6-10-14)22(20,21)15-11-7-4-8-12-15/h3-13H,1-2H3/b16-13+. The molecule has 0 aromatic heterocycles. The van der Waals surface area contributed by atoms with Crippen molar-refractivity contribution in [2.24, 2.45) is 0 Å². The van der Waals surface area contributed by atoms with Gasteiger partial charge in [-0.2, -0.15) is 0 Å². The summed E-state index contributed by atoms with van der Waals surface area (Å²) in [4.78, 5) is 14.0. The maximum Gasteiger partial charge on any atom is 0.211 e. The van der Waals surface area contributed by atoms with Crippen LogP contribution in [0, 0.1) is 0 Å². The van der Waals surface area contributed by atoms with E-state index in [9.17, 15) is 13.2 Å². The zero-order valence-electron chi connectivity index (χ0n) is 12.4. The summed E-state index contributed by atoms with van der Waals surface area (Å²) in [7, 11) is -0.515. The van der Waals surface area contributed by atoms with Gasteiger partial charge in [0.1, 0.15) is 4.91 Å². The summed E-state index contributed by atoms with van der Waals surface area (Å²) in [6.45, 7) is 0. The van der Waals surface area contributed by atoms with Crippen molar-refractivity contribution in [1.29, 1.82) is 0 Å². The fraction of sp³-hybridized carbons (Fsp3) is 0.118. The largest absolute Gasteiger partial charge is 0.382 e. The molecule has 5 heteroatoms. The Hall–Kier alpha value is -2.40. The van der Waals surface area contributed by atoms with Gasteiger partial charge in [0.25, 0.3) is 0 Å². The van der Waals surface area contributed by atoms with Crippen LogP contribution in [0.25, 0.3) is 0 Å². The Kier molecular flexibility index (Phi) is 4.78. The molecule has 0 saturated carbocycles. The maximum absolute atomic E-state index is 12.8. The first-order valence-corrected chi connectivity index (χ1v) is 8.19. The van der Waals surface area contributed by atoms with Gasteiger partial charge in [0.05, 0.1) is 4.90 Å². The SMILES string of the molecule is CN(C)/C=C(\C(=O)c1ccccc1)S(=O)(=O)c1ccccc1. The lowest BCUT2D eigenvalue weighted by molar-refractivity contribution is 0.104. The van der Waals surface area contributed by atoms with Crippen LogP contribution in [0.1, 0.15) is 10.4 Å². The number of rotatable bonds is 5. The highest BCUT2D eigenvalue weighted by Gasteiger charge is 2.28. The van der Waals surface area contributed by atoms with Gasteiger partial charge in [-0.15, -0.1) is 0 Å². The van der Waals surface area contributed by atoms with E-state index >= 15 is 0 Å². The number of ketones is 1. The summed E-state index contributed by atoms with van der Waals surface area (Å²) in [5, 5.41) is 0. The van der Waals surface area contributed by atoms with E-state index in [1.165, 1.54) is 18.3 Å². The molecule has 0 amide bonds. The normalized spacial score (nSPS) is 12.0. The molecule has 2 aromatic carbocycles. The van der Waals surface area contributed by atoms with E-state index in [1.54, 1.807) is 67.5 Å². The van der Waals surface area contributed by atoms with Crippen molar-refractivity contribution in [2.45, 2.75) is 4.90 Å². The van der Waals surface area contributed by atoms with Gasteiger partial charge in [0, 0.05) is 25.9 Å². The summed E-state index contributed by atoms with van der Waals surface area (Å²) in [6, 6.07) is 16.4. The van der Waals surface area contributed by atoms with E-state index in [1.807, 2.05) is 0 Å². The van der Waals surface area contributed by atoms with Gasteiger partial charge in [-0.3, -0.25) is 4.79 Å². The summed E-state index contributed by atoms with van der Waals surface area (Å²) in [5.74, 6) is -0.516. The fourth-order valence-corrected chi connectivity index (χ4v) is 3.42. The van der Waals surface area contributed by atoms with Crippen LogP contribution in [0.3, 0.4) is 0 Å². The second kappa shape index (κ2) is 6.58. The van der Waals surface area contributed by atoms with Crippen molar-refractivity contribution < 1.29 is 13.2 Å². The zero-order chi connectivity index (χ0) is 16.2. The topological polar surface area (TPSA) is 54.5 Å². The first kappa shape index (κ1) is 16.0. The highest BCUT2D eigenvalue weighted by atomic mass is 32.2. The van der Waals surface area contributed by atoms with Crippen LogP contribution in [0.5, 0.6) is 0 Å². The lowest BCUT2D eigenvalue weighted by Gasteiger charge is -2.12. The summed E-state index contributed by atoms with van der Waals surface area (Å²) < 4.78 is 25.5.